The number of hydrogen-bond acceptors (Lipinski definition) is 4. The van der Waals surface area contributed by atoms with Crippen molar-refractivity contribution >= 4 is 17.8 Å². The standard InChI is InChI=1S/C7H10N2O3.2Na/c1-3-7(2)4(10)8-6(12)9-5(7)11;;/h3H2,1-2H3,(H2,8,9,10,11,12);;/q;2*+1/p-2. The van der Waals surface area contributed by atoms with Crippen LogP contribution in [0.15, 0.2) is 9.98 Å². The Balaban J connectivity index is 0. The molecule has 0 saturated carbocycles. The van der Waals surface area contributed by atoms with Crippen LogP contribution in [0.25, 0.3) is 0 Å². The Bertz CT molecular complexity index is 291. The number of carbonyl (C=O) groups excluding carboxylic acids is 1. The Labute approximate surface area is 126 Å². The van der Waals surface area contributed by atoms with Crippen LogP contribution in [0.5, 0.6) is 0 Å². The van der Waals surface area contributed by atoms with E-state index in [-0.39, 0.29) is 59.1 Å². The molecule has 0 aromatic rings. The minimum Gasteiger partial charge on any atom is -0.861 e. The van der Waals surface area contributed by atoms with Gasteiger partial charge in [-0.1, -0.05) is 6.92 Å². The van der Waals surface area contributed by atoms with E-state index in [1.807, 2.05) is 0 Å². The maximum atomic E-state index is 11.1. The second-order valence-electron chi connectivity index (χ2n) is 2.80. The molecule has 0 N–H and O–H groups in total. The van der Waals surface area contributed by atoms with E-state index in [2.05, 4.69) is 9.98 Å². The maximum Gasteiger partial charge on any atom is 1.00 e. The molecule has 1 aliphatic rings. The molecule has 5 nitrogen and oxygen atoms in total. The van der Waals surface area contributed by atoms with Gasteiger partial charge in [-0.15, -0.1) is 0 Å². The molecule has 1 rings (SSSR count). The summed E-state index contributed by atoms with van der Waals surface area (Å²) in [6.07, 6.45) is 0.310. The summed E-state index contributed by atoms with van der Waals surface area (Å²) in [6.45, 7) is 3.12. The van der Waals surface area contributed by atoms with Crippen molar-refractivity contribution in [1.29, 1.82) is 0 Å². The first-order chi connectivity index (χ1) is 5.50. The second-order valence-corrected chi connectivity index (χ2v) is 2.80. The maximum absolute atomic E-state index is 11.1. The summed E-state index contributed by atoms with van der Waals surface area (Å²) in [5.74, 6) is -1.37. The third-order valence-corrected chi connectivity index (χ3v) is 2.05. The third-order valence-electron chi connectivity index (χ3n) is 2.05. The van der Waals surface area contributed by atoms with Crippen molar-refractivity contribution in [2.75, 3.05) is 0 Å². The van der Waals surface area contributed by atoms with E-state index < -0.39 is 23.2 Å². The van der Waals surface area contributed by atoms with Gasteiger partial charge < -0.3 is 10.2 Å². The Kier molecular flexibility index (Phi) is 7.60. The van der Waals surface area contributed by atoms with Crippen molar-refractivity contribution in [2.45, 2.75) is 20.3 Å². The number of rotatable bonds is 1. The van der Waals surface area contributed by atoms with Crippen LogP contribution in [-0.2, 0) is 4.79 Å². The molecule has 7 heteroatoms. The largest absolute Gasteiger partial charge is 1.00 e. The SMILES string of the molecule is CCC1(C)C(=O)N=C([O-])N=C1[O-].[Na+].[Na+]. The van der Waals surface area contributed by atoms with Crippen molar-refractivity contribution in [3.05, 3.63) is 0 Å². The van der Waals surface area contributed by atoms with Crippen LogP contribution < -0.4 is 69.3 Å². The van der Waals surface area contributed by atoms with Crippen molar-refractivity contribution < 1.29 is 74.1 Å². The molecule has 0 saturated heterocycles. The quantitative estimate of drug-likeness (QED) is 0.406. The van der Waals surface area contributed by atoms with Gasteiger partial charge in [0.25, 0.3) is 5.91 Å². The van der Waals surface area contributed by atoms with Gasteiger partial charge in [0.2, 0.25) is 0 Å². The van der Waals surface area contributed by atoms with Crippen LogP contribution >= 0.6 is 0 Å². The Morgan fingerprint density at radius 2 is 1.79 bits per heavy atom. The summed E-state index contributed by atoms with van der Waals surface area (Å²) in [7, 11) is 0. The van der Waals surface area contributed by atoms with Crippen LogP contribution in [0.4, 0.5) is 0 Å². The monoisotopic (exact) mass is 214 g/mol. The normalized spacial score (nSPS) is 25.4. The van der Waals surface area contributed by atoms with Gasteiger partial charge in [0.1, 0.15) is 0 Å². The van der Waals surface area contributed by atoms with E-state index in [0.717, 1.165) is 0 Å². The van der Waals surface area contributed by atoms with E-state index in [1.165, 1.54) is 6.92 Å². The fourth-order valence-corrected chi connectivity index (χ4v) is 0.839. The molecule has 1 atom stereocenters. The average molecular weight is 214 g/mol. The van der Waals surface area contributed by atoms with Crippen LogP contribution in [0, 0.1) is 5.41 Å². The number of carbonyl (C=O) groups is 1. The van der Waals surface area contributed by atoms with Crippen molar-refractivity contribution in [1.82, 2.24) is 0 Å². The van der Waals surface area contributed by atoms with Crippen LogP contribution in [0.2, 0.25) is 0 Å². The van der Waals surface area contributed by atoms with Gasteiger partial charge in [0.05, 0.1) is 11.4 Å². The van der Waals surface area contributed by atoms with Crippen LogP contribution in [-0.4, -0.2) is 17.8 Å². The second kappa shape index (κ2) is 6.25. The molecule has 0 fully saturated rings. The van der Waals surface area contributed by atoms with Crippen LogP contribution in [0.3, 0.4) is 0 Å². The first-order valence-corrected chi connectivity index (χ1v) is 3.57. The molecule has 0 aromatic carbocycles. The summed E-state index contributed by atoms with van der Waals surface area (Å²) in [5, 5.41) is 21.6. The number of amidine groups is 1. The van der Waals surface area contributed by atoms with E-state index in [9.17, 15) is 15.0 Å². The molecule has 14 heavy (non-hydrogen) atoms. The van der Waals surface area contributed by atoms with Gasteiger partial charge in [0.15, 0.2) is 0 Å². The van der Waals surface area contributed by atoms with Gasteiger partial charge in [-0.3, -0.25) is 9.79 Å². The number of amides is 1. The molecule has 0 aromatic heterocycles. The van der Waals surface area contributed by atoms with Gasteiger partial charge in [0, 0.05) is 0 Å². The van der Waals surface area contributed by atoms with Gasteiger partial charge in [-0.25, -0.2) is 4.99 Å². The molecule has 0 bridgehead atoms. The molecule has 1 amide bonds. The molecule has 66 valence electrons. The molecule has 0 aliphatic carbocycles. The minimum absolute atomic E-state index is 0. The van der Waals surface area contributed by atoms with E-state index in [0.29, 0.717) is 6.42 Å². The van der Waals surface area contributed by atoms with E-state index in [1.54, 1.807) is 6.92 Å². The van der Waals surface area contributed by atoms with Gasteiger partial charge >= 0.3 is 59.1 Å². The molecule has 0 spiro atoms. The van der Waals surface area contributed by atoms with Crippen molar-refractivity contribution in [2.24, 2.45) is 15.4 Å². The Morgan fingerprint density at radius 1 is 1.29 bits per heavy atom. The fraction of sp³-hybridized carbons (Fsp3) is 0.571. The minimum atomic E-state index is -1.21. The zero-order chi connectivity index (χ0) is 9.35. The molecular formula is C7H8N2Na2O3. The third kappa shape index (κ3) is 3.05. The Hall–Kier alpha value is 0.610. The molecule has 0 radical (unpaired) electrons. The first kappa shape index (κ1) is 17.0. The smallest absolute Gasteiger partial charge is 0.861 e. The zero-order valence-electron chi connectivity index (χ0n) is 8.83. The summed E-state index contributed by atoms with van der Waals surface area (Å²) in [5.41, 5.74) is -1.21. The molecule has 1 unspecified atom stereocenters. The zero-order valence-corrected chi connectivity index (χ0v) is 12.8. The molecule has 1 heterocycles. The van der Waals surface area contributed by atoms with Crippen molar-refractivity contribution in [3.63, 3.8) is 0 Å². The fourth-order valence-electron chi connectivity index (χ4n) is 0.839. The summed E-state index contributed by atoms with van der Waals surface area (Å²) in [4.78, 5) is 17.3. The number of nitrogens with zero attached hydrogens (tertiary/aromatic N) is 2. The van der Waals surface area contributed by atoms with Crippen LogP contribution in [0.1, 0.15) is 20.3 Å². The van der Waals surface area contributed by atoms with E-state index >= 15 is 0 Å². The predicted octanol–water partition coefficient (Wildman–Crippen LogP) is -7.57. The predicted molar refractivity (Wildman–Crippen MR) is 38.3 cm³/mol. The Morgan fingerprint density at radius 3 is 2.14 bits per heavy atom. The molecule has 1 aliphatic heterocycles. The summed E-state index contributed by atoms with van der Waals surface area (Å²) in [6, 6.07) is -0.990. The summed E-state index contributed by atoms with van der Waals surface area (Å²) < 4.78 is 0. The number of hydrogen-bond donors (Lipinski definition) is 0. The van der Waals surface area contributed by atoms with E-state index in [4.69, 9.17) is 0 Å². The van der Waals surface area contributed by atoms with Gasteiger partial charge in [-0.05, 0) is 19.2 Å². The topological polar surface area (TPSA) is 87.9 Å². The van der Waals surface area contributed by atoms with Crippen molar-refractivity contribution in [3.8, 4) is 0 Å². The number of aliphatic imine (C=N–C) groups is 2. The van der Waals surface area contributed by atoms with Gasteiger partial charge in [-0.2, -0.15) is 0 Å². The average Bonchev–Trinajstić information content (AvgIpc) is 2.00. The summed E-state index contributed by atoms with van der Waals surface area (Å²) >= 11 is 0. The molecular weight excluding hydrogens is 206 g/mol. The first-order valence-electron chi connectivity index (χ1n) is 3.57.